The minimum absolute atomic E-state index is 0.245. The van der Waals surface area contributed by atoms with Crippen LogP contribution in [0.5, 0.6) is 0 Å². The summed E-state index contributed by atoms with van der Waals surface area (Å²) in [5, 5.41) is 0. The summed E-state index contributed by atoms with van der Waals surface area (Å²) in [7, 11) is 0. The Bertz CT molecular complexity index is 386. The molecule has 4 heteroatoms. The monoisotopic (exact) mass is 233 g/mol. The number of nitrogens with zero attached hydrogens (tertiary/aromatic N) is 2. The number of hydrogen-bond donors (Lipinski definition) is 1. The Hall–Kier alpha value is -1.50. The molecule has 1 saturated carbocycles. The van der Waals surface area contributed by atoms with E-state index in [1.54, 1.807) is 4.90 Å². The van der Waals surface area contributed by atoms with Gasteiger partial charge in [-0.15, -0.1) is 6.42 Å². The summed E-state index contributed by atoms with van der Waals surface area (Å²) in [6.07, 6.45) is 11.8. The van der Waals surface area contributed by atoms with E-state index in [0.29, 0.717) is 5.84 Å². The molecule has 1 unspecified atom stereocenters. The van der Waals surface area contributed by atoms with Crippen LogP contribution < -0.4 is 5.73 Å². The van der Waals surface area contributed by atoms with E-state index in [1.165, 1.54) is 12.8 Å². The molecule has 0 aromatic carbocycles. The largest absolute Gasteiger partial charge is 0.385 e. The van der Waals surface area contributed by atoms with Gasteiger partial charge in [-0.05, 0) is 19.8 Å². The van der Waals surface area contributed by atoms with Crippen LogP contribution >= 0.6 is 0 Å². The molecule has 1 spiro atoms. The fourth-order valence-corrected chi connectivity index (χ4v) is 2.99. The van der Waals surface area contributed by atoms with Crippen LogP contribution in [0.2, 0.25) is 0 Å². The molecule has 1 aliphatic carbocycles. The summed E-state index contributed by atoms with van der Waals surface area (Å²) in [4.78, 5) is 17.6. The lowest BCUT2D eigenvalue weighted by Crippen LogP contribution is -2.56. The van der Waals surface area contributed by atoms with Gasteiger partial charge in [0.15, 0.2) is 0 Å². The van der Waals surface area contributed by atoms with Crippen molar-refractivity contribution in [2.45, 2.75) is 57.0 Å². The molecule has 1 fully saturated rings. The van der Waals surface area contributed by atoms with Gasteiger partial charge < -0.3 is 5.73 Å². The third-order valence-corrected chi connectivity index (χ3v) is 3.92. The zero-order valence-electron chi connectivity index (χ0n) is 10.3. The maximum absolute atomic E-state index is 11.9. The molecule has 2 amide bonds. The van der Waals surface area contributed by atoms with Gasteiger partial charge in [-0.3, -0.25) is 4.90 Å². The Balaban J connectivity index is 2.36. The van der Waals surface area contributed by atoms with Crippen LogP contribution in [-0.4, -0.2) is 28.3 Å². The molecule has 92 valence electrons. The number of amidine groups is 1. The Morgan fingerprint density at radius 2 is 2.00 bits per heavy atom. The summed E-state index contributed by atoms with van der Waals surface area (Å²) in [6.45, 7) is 1.86. The van der Waals surface area contributed by atoms with Crippen molar-refractivity contribution in [3.8, 4) is 12.3 Å². The van der Waals surface area contributed by atoms with Crippen LogP contribution in [0, 0.1) is 12.3 Å². The fraction of sp³-hybridized carbons (Fsp3) is 0.692. The lowest BCUT2D eigenvalue weighted by atomic mass is 9.87. The van der Waals surface area contributed by atoms with E-state index < -0.39 is 5.54 Å². The lowest BCUT2D eigenvalue weighted by molar-refractivity contribution is 0.147. The third kappa shape index (κ3) is 1.80. The highest BCUT2D eigenvalue weighted by Gasteiger charge is 2.49. The highest BCUT2D eigenvalue weighted by molar-refractivity contribution is 6.06. The van der Waals surface area contributed by atoms with Gasteiger partial charge in [-0.2, -0.15) is 4.99 Å². The van der Waals surface area contributed by atoms with E-state index in [0.717, 1.165) is 25.7 Å². The molecule has 17 heavy (non-hydrogen) atoms. The number of terminal acetylenes is 1. The van der Waals surface area contributed by atoms with E-state index in [9.17, 15) is 4.79 Å². The van der Waals surface area contributed by atoms with Crippen molar-refractivity contribution in [3.05, 3.63) is 0 Å². The highest BCUT2D eigenvalue weighted by atomic mass is 16.2. The van der Waals surface area contributed by atoms with Gasteiger partial charge in [-0.25, -0.2) is 4.79 Å². The molecule has 2 N–H and O–H groups in total. The van der Waals surface area contributed by atoms with Crippen LogP contribution in [0.15, 0.2) is 4.99 Å². The molecule has 2 aliphatic rings. The van der Waals surface area contributed by atoms with E-state index in [2.05, 4.69) is 10.9 Å². The molecular formula is C13H19N3O. The first-order valence-corrected chi connectivity index (χ1v) is 6.26. The smallest absolute Gasteiger partial charge is 0.347 e. The number of nitrogens with two attached hydrogens (primary N) is 1. The van der Waals surface area contributed by atoms with Gasteiger partial charge in [0.25, 0.3) is 0 Å². The number of carbonyl (C=O) groups excluding carboxylic acids is 1. The van der Waals surface area contributed by atoms with E-state index in [-0.39, 0.29) is 12.1 Å². The standard InChI is InChI=1S/C13H19N3O/c1-3-10(2)16-12(17)15-11(14)13(16)8-6-4-5-7-9-13/h1,10H,4-9H2,2H3,(H2,14,15,17). The van der Waals surface area contributed by atoms with Crippen molar-refractivity contribution in [3.63, 3.8) is 0 Å². The highest BCUT2D eigenvalue weighted by Crippen LogP contribution is 2.37. The van der Waals surface area contributed by atoms with E-state index in [1.807, 2.05) is 6.92 Å². The van der Waals surface area contributed by atoms with Gasteiger partial charge in [0, 0.05) is 0 Å². The molecular weight excluding hydrogens is 214 g/mol. The first-order chi connectivity index (χ1) is 8.12. The first kappa shape index (κ1) is 12.0. The summed E-state index contributed by atoms with van der Waals surface area (Å²) in [5.41, 5.74) is 5.60. The van der Waals surface area contributed by atoms with Crippen LogP contribution in [0.4, 0.5) is 4.79 Å². The first-order valence-electron chi connectivity index (χ1n) is 6.26. The predicted octanol–water partition coefficient (Wildman–Crippen LogP) is 1.89. The number of rotatable bonds is 1. The maximum Gasteiger partial charge on any atom is 0.347 e. The average molecular weight is 233 g/mol. The second kappa shape index (κ2) is 4.40. The summed E-state index contributed by atoms with van der Waals surface area (Å²) in [6, 6.07) is -0.514. The Morgan fingerprint density at radius 3 is 2.53 bits per heavy atom. The molecule has 1 aliphatic heterocycles. The van der Waals surface area contributed by atoms with Gasteiger partial charge in [0.2, 0.25) is 0 Å². The van der Waals surface area contributed by atoms with Crippen molar-refractivity contribution in [1.29, 1.82) is 0 Å². The molecule has 0 aromatic rings. The van der Waals surface area contributed by atoms with E-state index >= 15 is 0 Å². The minimum atomic E-state index is -0.403. The van der Waals surface area contributed by atoms with Crippen LogP contribution in [0.1, 0.15) is 45.4 Å². The number of carbonyl (C=O) groups is 1. The Morgan fingerprint density at radius 1 is 1.41 bits per heavy atom. The minimum Gasteiger partial charge on any atom is -0.385 e. The lowest BCUT2D eigenvalue weighted by Gasteiger charge is -2.39. The average Bonchev–Trinajstić information content (AvgIpc) is 2.49. The number of hydrogen-bond acceptors (Lipinski definition) is 2. The molecule has 2 rings (SSSR count). The van der Waals surface area contributed by atoms with Crippen molar-refractivity contribution in [1.82, 2.24) is 4.90 Å². The molecule has 0 saturated heterocycles. The van der Waals surface area contributed by atoms with Gasteiger partial charge in [0.1, 0.15) is 11.4 Å². The van der Waals surface area contributed by atoms with Crippen molar-refractivity contribution in [2.24, 2.45) is 10.7 Å². The number of aliphatic imine (C=N–C) groups is 1. The van der Waals surface area contributed by atoms with Gasteiger partial charge in [-0.1, -0.05) is 31.6 Å². The quantitative estimate of drug-likeness (QED) is 0.703. The summed E-state index contributed by atoms with van der Waals surface area (Å²) >= 11 is 0. The zero-order chi connectivity index (χ0) is 12.5. The maximum atomic E-state index is 11.9. The van der Waals surface area contributed by atoms with Crippen LogP contribution in [0.3, 0.4) is 0 Å². The second-order valence-electron chi connectivity index (χ2n) is 4.94. The third-order valence-electron chi connectivity index (χ3n) is 3.92. The number of urea groups is 1. The molecule has 0 bridgehead atoms. The molecule has 0 aromatic heterocycles. The molecule has 4 nitrogen and oxygen atoms in total. The SMILES string of the molecule is C#CC(C)N1C(=O)N=C(N)C12CCCCCC2. The van der Waals surface area contributed by atoms with Crippen LogP contribution in [-0.2, 0) is 0 Å². The van der Waals surface area contributed by atoms with Crippen molar-refractivity contribution < 1.29 is 4.79 Å². The molecule has 1 heterocycles. The molecule has 0 radical (unpaired) electrons. The second-order valence-corrected chi connectivity index (χ2v) is 4.94. The van der Waals surface area contributed by atoms with Crippen LogP contribution in [0.25, 0.3) is 0 Å². The Kier molecular flexibility index (Phi) is 3.10. The number of amides is 2. The molecule has 1 atom stereocenters. The topological polar surface area (TPSA) is 58.7 Å². The van der Waals surface area contributed by atoms with Gasteiger partial charge >= 0.3 is 6.03 Å². The van der Waals surface area contributed by atoms with Gasteiger partial charge in [0.05, 0.1) is 6.04 Å². The predicted molar refractivity (Wildman–Crippen MR) is 67.6 cm³/mol. The van der Waals surface area contributed by atoms with E-state index in [4.69, 9.17) is 12.2 Å². The zero-order valence-corrected chi connectivity index (χ0v) is 10.3. The van der Waals surface area contributed by atoms with Crippen molar-refractivity contribution in [2.75, 3.05) is 0 Å². The Labute approximate surface area is 102 Å². The normalized spacial score (nSPS) is 25.3. The summed E-state index contributed by atoms with van der Waals surface area (Å²) < 4.78 is 0. The fourth-order valence-electron chi connectivity index (χ4n) is 2.99. The van der Waals surface area contributed by atoms with Crippen molar-refractivity contribution >= 4 is 11.9 Å². The summed E-state index contributed by atoms with van der Waals surface area (Å²) in [5.74, 6) is 3.09.